The molecule has 0 bridgehead atoms. The summed E-state index contributed by atoms with van der Waals surface area (Å²) in [5.74, 6) is -1.70. The fourth-order valence-electron chi connectivity index (χ4n) is 4.21. The fraction of sp³-hybridized carbons (Fsp3) is 0.500. The van der Waals surface area contributed by atoms with E-state index in [0.29, 0.717) is 12.8 Å². The molecule has 0 aromatic heterocycles. The van der Waals surface area contributed by atoms with Crippen LogP contribution in [0.4, 0.5) is 0 Å². The van der Waals surface area contributed by atoms with Gasteiger partial charge < -0.3 is 19.7 Å². The number of hydrogen-bond donors (Lipinski definition) is 2. The summed E-state index contributed by atoms with van der Waals surface area (Å²) in [6, 6.07) is 0. The van der Waals surface area contributed by atoms with Crippen LogP contribution in [-0.4, -0.2) is 47.6 Å². The number of hydrogen-bond acceptors (Lipinski definition) is 6. The van der Waals surface area contributed by atoms with Crippen molar-refractivity contribution in [2.75, 3.05) is 13.2 Å². The molecule has 0 aromatic rings. The summed E-state index contributed by atoms with van der Waals surface area (Å²) in [7, 11) is 0. The molecule has 140 valence electrons. The molecule has 2 N–H and O–H groups in total. The number of aliphatic hydroxyl groups is 2. The maximum atomic E-state index is 12.4. The highest BCUT2D eigenvalue weighted by Gasteiger charge is 2.52. The van der Waals surface area contributed by atoms with Gasteiger partial charge in [0.1, 0.15) is 12.2 Å². The first-order chi connectivity index (χ1) is 12.4. The van der Waals surface area contributed by atoms with Crippen LogP contribution < -0.4 is 0 Å². The predicted octanol–water partition coefficient (Wildman–Crippen LogP) is 1.59. The van der Waals surface area contributed by atoms with Gasteiger partial charge in [-0.2, -0.15) is 0 Å². The molecule has 0 saturated carbocycles. The second kappa shape index (κ2) is 7.21. The Morgan fingerprint density at radius 1 is 1.46 bits per heavy atom. The normalized spacial score (nSPS) is 31.2. The first-order valence-corrected chi connectivity index (χ1v) is 8.78. The molecule has 0 amide bonds. The lowest BCUT2D eigenvalue weighted by molar-refractivity contribution is -0.148. The molecule has 1 saturated heterocycles. The third kappa shape index (κ3) is 2.93. The van der Waals surface area contributed by atoms with Gasteiger partial charge in [0.05, 0.1) is 24.7 Å². The Kier molecular flexibility index (Phi) is 5.16. The number of rotatable bonds is 4. The van der Waals surface area contributed by atoms with E-state index in [9.17, 15) is 19.8 Å². The maximum absolute atomic E-state index is 12.4. The molecule has 0 unspecified atom stereocenters. The summed E-state index contributed by atoms with van der Waals surface area (Å²) in [5.41, 5.74) is 3.37. The Morgan fingerprint density at radius 3 is 2.81 bits per heavy atom. The molecule has 26 heavy (non-hydrogen) atoms. The highest BCUT2D eigenvalue weighted by Crippen LogP contribution is 2.49. The van der Waals surface area contributed by atoms with E-state index in [1.165, 1.54) is 6.08 Å². The third-order valence-electron chi connectivity index (χ3n) is 5.63. The van der Waals surface area contributed by atoms with E-state index in [-0.39, 0.29) is 23.7 Å². The van der Waals surface area contributed by atoms with Gasteiger partial charge in [-0.25, -0.2) is 9.59 Å². The minimum atomic E-state index is -0.680. The number of carbonyl (C=O) groups excluding carboxylic acids is 2. The van der Waals surface area contributed by atoms with Crippen LogP contribution in [0.25, 0.3) is 0 Å². The van der Waals surface area contributed by atoms with Crippen LogP contribution in [0, 0.1) is 11.8 Å². The quantitative estimate of drug-likeness (QED) is 0.449. The molecular weight excluding hydrogens is 336 g/mol. The van der Waals surface area contributed by atoms with Crippen molar-refractivity contribution in [3.05, 3.63) is 46.6 Å². The van der Waals surface area contributed by atoms with Gasteiger partial charge >= 0.3 is 11.9 Å². The van der Waals surface area contributed by atoms with Crippen molar-refractivity contribution in [3.63, 3.8) is 0 Å². The maximum Gasteiger partial charge on any atom is 0.336 e. The minimum absolute atomic E-state index is 0.118. The Bertz CT molecular complexity index is 741. The van der Waals surface area contributed by atoms with E-state index in [1.54, 1.807) is 6.92 Å². The van der Waals surface area contributed by atoms with Gasteiger partial charge in [-0.05, 0) is 25.8 Å². The molecule has 2 aliphatic carbocycles. The largest absolute Gasteiger partial charge is 0.458 e. The monoisotopic (exact) mass is 360 g/mol. The molecule has 1 heterocycles. The van der Waals surface area contributed by atoms with Gasteiger partial charge in [0.2, 0.25) is 0 Å². The van der Waals surface area contributed by atoms with E-state index in [2.05, 4.69) is 12.7 Å². The molecule has 3 rings (SSSR count). The van der Waals surface area contributed by atoms with Crippen molar-refractivity contribution < 1.29 is 29.3 Å². The minimum Gasteiger partial charge on any atom is -0.458 e. The van der Waals surface area contributed by atoms with Crippen LogP contribution in [0.2, 0.25) is 0 Å². The van der Waals surface area contributed by atoms with E-state index in [1.807, 2.05) is 6.92 Å². The fourth-order valence-corrected chi connectivity index (χ4v) is 4.21. The van der Waals surface area contributed by atoms with E-state index in [4.69, 9.17) is 9.47 Å². The van der Waals surface area contributed by atoms with Crippen molar-refractivity contribution in [2.45, 2.75) is 38.9 Å². The van der Waals surface area contributed by atoms with Crippen LogP contribution in [0.15, 0.2) is 46.6 Å². The average molecular weight is 360 g/mol. The average Bonchev–Trinajstić information content (AvgIpc) is 3.08. The second-order valence-electron chi connectivity index (χ2n) is 6.96. The highest BCUT2D eigenvalue weighted by atomic mass is 16.6. The number of fused-ring (bicyclic) bond motifs is 3. The van der Waals surface area contributed by atoms with Crippen molar-refractivity contribution in [1.82, 2.24) is 0 Å². The third-order valence-corrected chi connectivity index (χ3v) is 5.63. The van der Waals surface area contributed by atoms with Gasteiger partial charge in [0, 0.05) is 17.9 Å². The number of carbonyl (C=O) groups is 2. The first kappa shape index (κ1) is 18.6. The number of allylic oxidation sites excluding steroid dienone is 2. The number of esters is 2. The topological polar surface area (TPSA) is 93.1 Å². The van der Waals surface area contributed by atoms with Crippen molar-refractivity contribution in [3.8, 4) is 0 Å². The van der Waals surface area contributed by atoms with Crippen LogP contribution in [0.3, 0.4) is 0 Å². The molecule has 0 radical (unpaired) electrons. The molecule has 1 fully saturated rings. The molecule has 6 heteroatoms. The number of ether oxygens (including phenoxy) is 2. The van der Waals surface area contributed by atoms with Crippen LogP contribution >= 0.6 is 0 Å². The Labute approximate surface area is 152 Å². The van der Waals surface area contributed by atoms with Crippen molar-refractivity contribution in [2.24, 2.45) is 11.8 Å². The smallest absolute Gasteiger partial charge is 0.336 e. The zero-order valence-corrected chi connectivity index (χ0v) is 15.0. The summed E-state index contributed by atoms with van der Waals surface area (Å²) < 4.78 is 11.3. The van der Waals surface area contributed by atoms with Crippen molar-refractivity contribution >= 4 is 11.9 Å². The summed E-state index contributed by atoms with van der Waals surface area (Å²) in [6.45, 7) is 6.92. The standard InChI is InChI=1S/C20H24O6/c1-4-12(8-21)20(24)25-15-7-13(9-22)14-6-5-10(2)16(14)18-17(15)11(3)19(23)26-18/h4-5,15-18,21-22H,3,6-9H2,1-2H3/b12-4-/t15-,16+,17-,18-/m1/s1. The van der Waals surface area contributed by atoms with Gasteiger partial charge in [0.25, 0.3) is 0 Å². The molecule has 0 aromatic carbocycles. The number of aliphatic hydroxyl groups excluding tert-OH is 2. The van der Waals surface area contributed by atoms with E-state index >= 15 is 0 Å². The lowest BCUT2D eigenvalue weighted by Crippen LogP contribution is -2.36. The van der Waals surface area contributed by atoms with Gasteiger partial charge in [-0.3, -0.25) is 0 Å². The zero-order chi connectivity index (χ0) is 19.0. The lowest BCUT2D eigenvalue weighted by Gasteiger charge is -2.28. The molecular formula is C20H24O6. The highest BCUT2D eigenvalue weighted by molar-refractivity contribution is 5.92. The zero-order valence-electron chi connectivity index (χ0n) is 15.0. The van der Waals surface area contributed by atoms with Crippen LogP contribution in [0.1, 0.15) is 26.7 Å². The summed E-state index contributed by atoms with van der Waals surface area (Å²) >= 11 is 0. The van der Waals surface area contributed by atoms with E-state index < -0.39 is 36.7 Å². The van der Waals surface area contributed by atoms with Crippen LogP contribution in [-0.2, 0) is 19.1 Å². The second-order valence-corrected chi connectivity index (χ2v) is 6.96. The van der Waals surface area contributed by atoms with Crippen LogP contribution in [0.5, 0.6) is 0 Å². The molecule has 3 aliphatic rings. The summed E-state index contributed by atoms with van der Waals surface area (Å²) in [6.07, 6.45) is 3.41. The van der Waals surface area contributed by atoms with Gasteiger partial charge in [-0.15, -0.1) is 0 Å². The molecule has 6 nitrogen and oxygen atoms in total. The van der Waals surface area contributed by atoms with E-state index in [0.717, 1.165) is 16.7 Å². The lowest BCUT2D eigenvalue weighted by atomic mass is 9.82. The van der Waals surface area contributed by atoms with Gasteiger partial charge in [0.15, 0.2) is 0 Å². The summed E-state index contributed by atoms with van der Waals surface area (Å²) in [5, 5.41) is 19.2. The molecule has 4 atom stereocenters. The molecule has 1 aliphatic heterocycles. The van der Waals surface area contributed by atoms with Crippen molar-refractivity contribution in [1.29, 1.82) is 0 Å². The molecule has 0 spiro atoms. The van der Waals surface area contributed by atoms with Gasteiger partial charge in [-0.1, -0.05) is 29.9 Å². The Balaban J connectivity index is 2.00. The Hall–Kier alpha value is -2.18. The Morgan fingerprint density at radius 2 is 2.19 bits per heavy atom. The SMILES string of the molecule is C=C1C(=O)O[C@@H]2[C@H]3C(C)=CCC3=C(CO)C[C@@H](OC(=O)/C(=C\C)CO)[C@@H]12. The first-order valence-electron chi connectivity index (χ1n) is 8.78. The summed E-state index contributed by atoms with van der Waals surface area (Å²) in [4.78, 5) is 24.6. The predicted molar refractivity (Wildman–Crippen MR) is 93.8 cm³/mol.